The molecule has 3 fully saturated rings. The Morgan fingerprint density at radius 3 is 2.34 bits per heavy atom. The molecule has 0 spiro atoms. The number of aliphatic hydroxyl groups is 1. The molecule has 264 valence electrons. The number of hydrogen-bond donors (Lipinski definition) is 4. The minimum atomic E-state index is -0.642. The Bertz CT molecular complexity index is 1220. The molecule has 10 heteroatoms. The first-order chi connectivity index (χ1) is 22.2. The number of nitrogens with two attached hydrogens (primary N) is 2. The zero-order chi connectivity index (χ0) is 34.4. The van der Waals surface area contributed by atoms with E-state index >= 15 is 0 Å². The number of Topliss-reactive ketones (excluding diaryl/α,β-unsaturated/α-hetero) is 1. The Hall–Kier alpha value is -1.98. The number of benzene rings is 1. The van der Waals surface area contributed by atoms with Gasteiger partial charge in [0.1, 0.15) is 11.9 Å². The minimum Gasteiger partial charge on any atom is -0.461 e. The van der Waals surface area contributed by atoms with E-state index < -0.39 is 11.5 Å². The molecule has 0 radical (unpaired) electrons. The largest absolute Gasteiger partial charge is 0.461 e. The Morgan fingerprint density at radius 1 is 1.06 bits per heavy atom. The predicted molar refractivity (Wildman–Crippen MR) is 188 cm³/mol. The molecule has 1 aromatic carbocycles. The first kappa shape index (κ1) is 37.8. The van der Waals surface area contributed by atoms with Gasteiger partial charge in [0.25, 0.3) is 0 Å². The summed E-state index contributed by atoms with van der Waals surface area (Å²) in [6.45, 7) is 13.6. The van der Waals surface area contributed by atoms with E-state index in [1.807, 2.05) is 17.0 Å². The fourth-order valence-corrected chi connectivity index (χ4v) is 9.66. The quantitative estimate of drug-likeness (QED) is 0.224. The summed E-state index contributed by atoms with van der Waals surface area (Å²) in [5, 5.41) is 16.2. The van der Waals surface area contributed by atoms with Crippen LogP contribution in [0.15, 0.2) is 24.3 Å². The first-order valence-corrected chi connectivity index (χ1v) is 18.7. The summed E-state index contributed by atoms with van der Waals surface area (Å²) in [5.74, 6) is 0.500. The van der Waals surface area contributed by atoms with Crippen molar-refractivity contribution in [3.05, 3.63) is 35.4 Å². The Morgan fingerprint density at radius 2 is 1.72 bits per heavy atom. The van der Waals surface area contributed by atoms with E-state index in [1.165, 1.54) is 0 Å². The number of aliphatic hydroxyl groups excluding tert-OH is 1. The number of nitrogens with zero attached hydrogens (tertiary/aromatic N) is 1. The lowest BCUT2D eigenvalue weighted by Gasteiger charge is -2.60. The van der Waals surface area contributed by atoms with Gasteiger partial charge in [-0.25, -0.2) is 0 Å². The number of amides is 1. The van der Waals surface area contributed by atoms with Gasteiger partial charge in [-0.05, 0) is 80.2 Å². The molecule has 1 heterocycles. The molecule has 9 nitrogen and oxygen atoms in total. The molecule has 1 saturated heterocycles. The molecule has 3 aliphatic rings. The topological polar surface area (TPSA) is 148 Å². The number of hydrogen-bond acceptors (Lipinski definition) is 9. The van der Waals surface area contributed by atoms with Crippen LogP contribution in [-0.2, 0) is 32.2 Å². The number of carbonyl (C=O) groups excluding carboxylic acids is 3. The number of piperidine rings is 1. The summed E-state index contributed by atoms with van der Waals surface area (Å²) in [7, 11) is 0. The molecule has 0 aromatic heterocycles. The van der Waals surface area contributed by atoms with E-state index in [9.17, 15) is 19.5 Å². The molecule has 4 rings (SSSR count). The highest BCUT2D eigenvalue weighted by Crippen LogP contribution is 2.61. The van der Waals surface area contributed by atoms with E-state index in [-0.39, 0.29) is 52.8 Å². The van der Waals surface area contributed by atoms with Crippen molar-refractivity contribution >= 4 is 29.4 Å². The van der Waals surface area contributed by atoms with Gasteiger partial charge in [-0.15, -0.1) is 11.8 Å². The SMILES string of the molecule is CC(=O)CC[C@]12CC[C@@H](C)[C@](C)(C1)[C@H](OC(=O)CSC1CCN(C(=O)CN)CC1)C[C@](C)(CNCc1ccc(CN)cc1)[C@@H](O)[C@@H]2C. The Kier molecular flexibility index (Phi) is 13.0. The van der Waals surface area contributed by atoms with Crippen molar-refractivity contribution < 1.29 is 24.2 Å². The van der Waals surface area contributed by atoms with E-state index in [0.29, 0.717) is 56.7 Å². The number of esters is 1. The lowest BCUT2D eigenvalue weighted by molar-refractivity contribution is -0.192. The molecule has 7 atom stereocenters. The maximum atomic E-state index is 13.6. The maximum absolute atomic E-state index is 13.6. The number of ether oxygens (including phenoxy) is 1. The molecule has 47 heavy (non-hydrogen) atoms. The minimum absolute atomic E-state index is 0.0199. The van der Waals surface area contributed by atoms with Crippen molar-refractivity contribution in [1.82, 2.24) is 10.2 Å². The summed E-state index contributed by atoms with van der Waals surface area (Å²) in [6.07, 6.45) is 5.19. The van der Waals surface area contributed by atoms with Gasteiger partial charge in [0.2, 0.25) is 5.91 Å². The maximum Gasteiger partial charge on any atom is 0.316 e. The van der Waals surface area contributed by atoms with Crippen molar-refractivity contribution in [1.29, 1.82) is 0 Å². The predicted octanol–water partition coefficient (Wildman–Crippen LogP) is 4.42. The monoisotopic (exact) mass is 672 g/mol. The van der Waals surface area contributed by atoms with Crippen molar-refractivity contribution in [3.8, 4) is 0 Å². The number of nitrogens with one attached hydrogen (secondary N) is 1. The summed E-state index contributed by atoms with van der Waals surface area (Å²) in [4.78, 5) is 39.7. The van der Waals surface area contributed by atoms with Gasteiger partial charge < -0.3 is 36.3 Å². The van der Waals surface area contributed by atoms with Crippen molar-refractivity contribution in [3.63, 3.8) is 0 Å². The van der Waals surface area contributed by atoms with E-state index in [1.54, 1.807) is 18.7 Å². The van der Waals surface area contributed by atoms with Crippen molar-refractivity contribution in [2.75, 3.05) is 31.9 Å². The number of rotatable bonds is 13. The van der Waals surface area contributed by atoms with Crippen LogP contribution in [0.25, 0.3) is 0 Å². The second kappa shape index (κ2) is 16.2. The molecular formula is C37H60N4O5S. The molecule has 2 bridgehead atoms. The summed E-state index contributed by atoms with van der Waals surface area (Å²) < 4.78 is 6.54. The van der Waals surface area contributed by atoms with Crippen LogP contribution in [0, 0.1) is 28.1 Å². The van der Waals surface area contributed by atoms with Crippen molar-refractivity contribution in [2.24, 2.45) is 39.5 Å². The average molecular weight is 673 g/mol. The van der Waals surface area contributed by atoms with Gasteiger partial charge in [0, 0.05) is 55.2 Å². The fraction of sp³-hybridized carbons (Fsp3) is 0.757. The van der Waals surface area contributed by atoms with Crippen LogP contribution >= 0.6 is 11.8 Å². The van der Waals surface area contributed by atoms with E-state index in [4.69, 9.17) is 16.2 Å². The average Bonchev–Trinajstić information content (AvgIpc) is 3.06. The highest BCUT2D eigenvalue weighted by molar-refractivity contribution is 8.00. The van der Waals surface area contributed by atoms with Gasteiger partial charge in [-0.2, -0.15) is 0 Å². The number of carbonyl (C=O) groups is 3. The van der Waals surface area contributed by atoms with Crippen LogP contribution in [0.2, 0.25) is 0 Å². The molecule has 1 aromatic rings. The number of thioether (sulfide) groups is 1. The third-order valence-electron chi connectivity index (χ3n) is 12.2. The third-order valence-corrected chi connectivity index (χ3v) is 13.6. The molecule has 1 amide bonds. The molecule has 1 aliphatic heterocycles. The summed E-state index contributed by atoms with van der Waals surface area (Å²) in [5.41, 5.74) is 12.5. The molecule has 6 N–H and O–H groups in total. The van der Waals surface area contributed by atoms with E-state index in [2.05, 4.69) is 45.1 Å². The van der Waals surface area contributed by atoms with E-state index in [0.717, 1.165) is 49.7 Å². The second-order valence-electron chi connectivity index (χ2n) is 15.5. The normalized spacial score (nSPS) is 33.1. The smallest absolute Gasteiger partial charge is 0.316 e. The van der Waals surface area contributed by atoms with Crippen LogP contribution in [-0.4, -0.2) is 77.1 Å². The summed E-state index contributed by atoms with van der Waals surface area (Å²) in [6, 6.07) is 8.26. The Balaban J connectivity index is 1.54. The van der Waals surface area contributed by atoms with Gasteiger partial charge in [-0.3, -0.25) is 9.59 Å². The van der Waals surface area contributed by atoms with Gasteiger partial charge in [-0.1, -0.05) is 52.0 Å². The van der Waals surface area contributed by atoms with Crippen LogP contribution in [0.3, 0.4) is 0 Å². The van der Waals surface area contributed by atoms with Gasteiger partial charge in [0.15, 0.2) is 0 Å². The lowest BCUT2D eigenvalue weighted by Crippen LogP contribution is -2.60. The number of ketones is 1. The first-order valence-electron chi connectivity index (χ1n) is 17.7. The van der Waals surface area contributed by atoms with Gasteiger partial charge in [0.05, 0.1) is 18.4 Å². The molecule has 0 unspecified atom stereocenters. The third kappa shape index (κ3) is 8.98. The fourth-order valence-electron chi connectivity index (χ4n) is 8.67. The number of likely N-dealkylation sites (tertiary alicyclic amines) is 1. The molecule has 2 aliphatic carbocycles. The van der Waals surface area contributed by atoms with Crippen LogP contribution in [0.5, 0.6) is 0 Å². The molecular weight excluding hydrogens is 612 g/mol. The zero-order valence-corrected chi connectivity index (χ0v) is 30.2. The van der Waals surface area contributed by atoms with Crippen LogP contribution in [0.4, 0.5) is 0 Å². The standard InChI is InChI=1S/C37H60N4O5S/c1-25-10-14-37(15-11-26(2)42)23-36(25,5)31(46-33(44)22-47-30-12-16-41(17-13-30)32(43)20-39)18-35(4,34(45)27(37)3)24-40-21-29-8-6-28(19-38)7-9-29/h6-9,25,27,30-31,34,40,45H,10-24,38-39H2,1-5H3/t25-,27+,31-,34+,35-,36+,37-/m1/s1. The van der Waals surface area contributed by atoms with Gasteiger partial charge >= 0.3 is 5.97 Å². The highest BCUT2D eigenvalue weighted by atomic mass is 32.2. The zero-order valence-electron chi connectivity index (χ0n) is 29.4. The summed E-state index contributed by atoms with van der Waals surface area (Å²) >= 11 is 1.62. The van der Waals surface area contributed by atoms with Crippen LogP contribution in [0.1, 0.15) is 97.1 Å². The number of fused-ring (bicyclic) bond motifs is 2. The second-order valence-corrected chi connectivity index (χ2v) is 16.8. The Labute approximate surface area is 286 Å². The molecule has 2 saturated carbocycles. The lowest BCUT2D eigenvalue weighted by atomic mass is 9.47. The highest BCUT2D eigenvalue weighted by Gasteiger charge is 2.59. The van der Waals surface area contributed by atoms with Crippen molar-refractivity contribution in [2.45, 2.75) is 117 Å². The van der Waals surface area contributed by atoms with Crippen LogP contribution < -0.4 is 16.8 Å².